The normalized spacial score (nSPS) is 17.3. The summed E-state index contributed by atoms with van der Waals surface area (Å²) >= 11 is 6.47. The van der Waals surface area contributed by atoms with Gasteiger partial charge in [-0.15, -0.1) is 0 Å². The van der Waals surface area contributed by atoms with Crippen LogP contribution in [-0.2, 0) is 19.1 Å². The van der Waals surface area contributed by atoms with E-state index in [-0.39, 0.29) is 22.9 Å². The minimum atomic E-state index is -0.478. The lowest BCUT2D eigenvalue weighted by atomic mass is 10.1. The van der Waals surface area contributed by atoms with E-state index in [1.807, 2.05) is 6.92 Å². The van der Waals surface area contributed by atoms with Gasteiger partial charge in [0.15, 0.2) is 0 Å². The zero-order valence-electron chi connectivity index (χ0n) is 18.5. The molecule has 2 aromatic carbocycles. The van der Waals surface area contributed by atoms with Crippen LogP contribution in [0.15, 0.2) is 53.4 Å². The first-order chi connectivity index (χ1) is 16.3. The molecule has 2 aliphatic rings. The van der Waals surface area contributed by atoms with Crippen molar-refractivity contribution >= 4 is 68.9 Å². The molecule has 0 bridgehead atoms. The van der Waals surface area contributed by atoms with Gasteiger partial charge in [0.2, 0.25) is 5.91 Å². The highest BCUT2D eigenvalue weighted by Crippen LogP contribution is 2.44. The highest BCUT2D eigenvalue weighted by Gasteiger charge is 2.42. The maximum absolute atomic E-state index is 13.4. The third-order valence-corrected chi connectivity index (χ3v) is 6.79. The molecule has 1 fully saturated rings. The smallest absolute Gasteiger partial charge is 0.337 e. The zero-order valence-corrected chi connectivity index (χ0v) is 20.1. The molecule has 8 nitrogen and oxygen atoms in total. The second-order valence-electron chi connectivity index (χ2n) is 7.55. The van der Waals surface area contributed by atoms with Gasteiger partial charge in [0.1, 0.15) is 10.9 Å². The van der Waals surface area contributed by atoms with E-state index in [1.54, 1.807) is 36.4 Å². The lowest BCUT2D eigenvalue weighted by Crippen LogP contribution is -2.35. The molecule has 0 spiro atoms. The van der Waals surface area contributed by atoms with Gasteiger partial charge in [0, 0.05) is 17.8 Å². The van der Waals surface area contributed by atoms with Gasteiger partial charge in [-0.1, -0.05) is 49.1 Å². The second kappa shape index (κ2) is 9.78. The largest absolute Gasteiger partial charge is 0.465 e. The molecular formula is C24H21N3O5S2. The molecule has 34 heavy (non-hydrogen) atoms. The summed E-state index contributed by atoms with van der Waals surface area (Å²) in [6.07, 6.45) is 0.743. The number of fused-ring (bicyclic) bond motifs is 1. The highest BCUT2D eigenvalue weighted by atomic mass is 32.2. The topological polar surface area (TPSA) is 96.0 Å². The third kappa shape index (κ3) is 4.34. The molecule has 2 heterocycles. The maximum atomic E-state index is 13.4. The number of benzene rings is 2. The molecule has 1 N–H and O–H groups in total. The van der Waals surface area contributed by atoms with Gasteiger partial charge in [-0.25, -0.2) is 4.79 Å². The fourth-order valence-electron chi connectivity index (χ4n) is 3.77. The van der Waals surface area contributed by atoms with Crippen molar-refractivity contribution in [2.45, 2.75) is 13.3 Å². The van der Waals surface area contributed by atoms with Crippen LogP contribution in [0.25, 0.3) is 5.57 Å². The molecule has 0 aromatic heterocycles. The van der Waals surface area contributed by atoms with E-state index in [2.05, 4.69) is 10.1 Å². The van der Waals surface area contributed by atoms with Crippen LogP contribution in [-0.4, -0.2) is 53.1 Å². The van der Waals surface area contributed by atoms with Gasteiger partial charge in [-0.3, -0.25) is 24.2 Å². The molecule has 0 unspecified atom stereocenters. The molecular weight excluding hydrogens is 474 g/mol. The lowest BCUT2D eigenvalue weighted by Gasteiger charge is -2.17. The number of hydrogen-bond acceptors (Lipinski definition) is 7. The number of para-hydroxylation sites is 1. The van der Waals surface area contributed by atoms with Gasteiger partial charge in [0.25, 0.3) is 11.8 Å². The number of anilines is 2. The number of nitrogens with one attached hydrogen (secondary N) is 1. The van der Waals surface area contributed by atoms with Crippen molar-refractivity contribution in [3.8, 4) is 0 Å². The SMILES string of the molecule is CCCN1C(=O)C(=C2C(=O)N(CC(=O)Nc3ccc(C(=O)OC)cc3)c3ccccc32)SC1=S. The van der Waals surface area contributed by atoms with Crippen molar-refractivity contribution in [1.29, 1.82) is 0 Å². The van der Waals surface area contributed by atoms with Crippen molar-refractivity contribution in [3.63, 3.8) is 0 Å². The second-order valence-corrected chi connectivity index (χ2v) is 9.20. The molecule has 0 atom stereocenters. The molecule has 1 saturated heterocycles. The van der Waals surface area contributed by atoms with Gasteiger partial charge < -0.3 is 10.1 Å². The van der Waals surface area contributed by atoms with Crippen molar-refractivity contribution in [1.82, 2.24) is 4.90 Å². The van der Waals surface area contributed by atoms with Crippen LogP contribution in [0.1, 0.15) is 29.3 Å². The number of nitrogens with zero attached hydrogens (tertiary/aromatic N) is 2. The Morgan fingerprint density at radius 2 is 1.74 bits per heavy atom. The highest BCUT2D eigenvalue weighted by molar-refractivity contribution is 8.26. The molecule has 174 valence electrons. The predicted molar refractivity (Wildman–Crippen MR) is 134 cm³/mol. The minimum Gasteiger partial charge on any atom is -0.465 e. The fraction of sp³-hybridized carbons (Fsp3) is 0.208. The number of carbonyl (C=O) groups excluding carboxylic acids is 4. The Hall–Kier alpha value is -3.50. The maximum Gasteiger partial charge on any atom is 0.337 e. The molecule has 10 heteroatoms. The number of thioether (sulfide) groups is 1. The van der Waals surface area contributed by atoms with E-state index in [9.17, 15) is 19.2 Å². The van der Waals surface area contributed by atoms with Crippen LogP contribution in [0.4, 0.5) is 11.4 Å². The van der Waals surface area contributed by atoms with Crippen LogP contribution in [0.2, 0.25) is 0 Å². The first-order valence-corrected chi connectivity index (χ1v) is 11.8. The van der Waals surface area contributed by atoms with Gasteiger partial charge in [-0.05, 0) is 36.8 Å². The summed E-state index contributed by atoms with van der Waals surface area (Å²) in [5.74, 6) is -1.61. The number of ether oxygens (including phenoxy) is 1. The third-order valence-electron chi connectivity index (χ3n) is 5.34. The summed E-state index contributed by atoms with van der Waals surface area (Å²) in [5, 5.41) is 2.73. The first kappa shape index (κ1) is 23.7. The van der Waals surface area contributed by atoms with Crippen molar-refractivity contribution in [3.05, 3.63) is 64.6 Å². The van der Waals surface area contributed by atoms with E-state index >= 15 is 0 Å². The van der Waals surface area contributed by atoms with E-state index in [4.69, 9.17) is 12.2 Å². The fourth-order valence-corrected chi connectivity index (χ4v) is 5.15. The molecule has 0 aliphatic carbocycles. The van der Waals surface area contributed by atoms with E-state index in [0.29, 0.717) is 33.4 Å². The molecule has 3 amide bonds. The number of esters is 1. The van der Waals surface area contributed by atoms with E-state index in [0.717, 1.165) is 18.2 Å². The Morgan fingerprint density at radius 1 is 1.03 bits per heavy atom. The molecule has 4 rings (SSSR count). The van der Waals surface area contributed by atoms with E-state index in [1.165, 1.54) is 29.0 Å². The zero-order chi connectivity index (χ0) is 24.4. The molecule has 0 radical (unpaired) electrons. The first-order valence-electron chi connectivity index (χ1n) is 10.5. The van der Waals surface area contributed by atoms with Crippen molar-refractivity contribution in [2.24, 2.45) is 0 Å². The minimum absolute atomic E-state index is 0.243. The van der Waals surface area contributed by atoms with Crippen LogP contribution in [0.3, 0.4) is 0 Å². The van der Waals surface area contributed by atoms with Crippen LogP contribution >= 0.6 is 24.0 Å². The summed E-state index contributed by atoms with van der Waals surface area (Å²) in [6, 6.07) is 13.3. The summed E-state index contributed by atoms with van der Waals surface area (Å²) in [6.45, 7) is 2.19. The average molecular weight is 496 g/mol. The van der Waals surface area contributed by atoms with Gasteiger partial charge in [0.05, 0.1) is 28.8 Å². The van der Waals surface area contributed by atoms with E-state index < -0.39 is 17.8 Å². The molecule has 0 saturated carbocycles. The summed E-state index contributed by atoms with van der Waals surface area (Å²) in [5.41, 5.74) is 2.24. The standard InChI is InChI=1S/C24H21N3O5S2/c1-3-12-26-22(30)20(34-24(26)33)19-16-6-4-5-7-17(16)27(21(19)29)13-18(28)25-15-10-8-14(9-11-15)23(31)32-2/h4-11H,3,12-13H2,1-2H3,(H,25,28). The Morgan fingerprint density at radius 3 is 2.41 bits per heavy atom. The number of thiocarbonyl (C=S) groups is 1. The average Bonchev–Trinajstić information content (AvgIpc) is 3.26. The number of methoxy groups -OCH3 is 1. The summed E-state index contributed by atoms with van der Waals surface area (Å²) in [7, 11) is 1.29. The number of hydrogen-bond donors (Lipinski definition) is 1. The van der Waals surface area contributed by atoms with Gasteiger partial charge >= 0.3 is 5.97 Å². The Bertz CT molecular complexity index is 1240. The Balaban J connectivity index is 1.58. The number of carbonyl (C=O) groups is 4. The van der Waals surface area contributed by atoms with Gasteiger partial charge in [-0.2, -0.15) is 0 Å². The van der Waals surface area contributed by atoms with Crippen LogP contribution < -0.4 is 10.2 Å². The summed E-state index contributed by atoms with van der Waals surface area (Å²) < 4.78 is 5.09. The monoisotopic (exact) mass is 495 g/mol. The van der Waals surface area contributed by atoms with Crippen LogP contribution in [0, 0.1) is 0 Å². The molecule has 2 aromatic rings. The predicted octanol–water partition coefficient (Wildman–Crippen LogP) is 3.44. The number of rotatable bonds is 6. The lowest BCUT2D eigenvalue weighted by molar-refractivity contribution is -0.122. The number of amides is 3. The Labute approximate surface area is 205 Å². The Kier molecular flexibility index (Phi) is 6.80. The molecule has 2 aliphatic heterocycles. The summed E-state index contributed by atoms with van der Waals surface area (Å²) in [4.78, 5) is 53.9. The van der Waals surface area contributed by atoms with Crippen molar-refractivity contribution < 1.29 is 23.9 Å². The van der Waals surface area contributed by atoms with Crippen LogP contribution in [0.5, 0.6) is 0 Å². The van der Waals surface area contributed by atoms with Crippen molar-refractivity contribution in [2.75, 3.05) is 30.4 Å². The quantitative estimate of drug-likeness (QED) is 0.373.